The van der Waals surface area contributed by atoms with Crippen molar-refractivity contribution in [3.63, 3.8) is 0 Å². The van der Waals surface area contributed by atoms with Gasteiger partial charge in [-0.1, -0.05) is 15.9 Å². The van der Waals surface area contributed by atoms with E-state index in [1.807, 2.05) is 0 Å². The fourth-order valence-electron chi connectivity index (χ4n) is 1.19. The number of epoxide rings is 1. The lowest BCUT2D eigenvalue weighted by Gasteiger charge is -2.08. The summed E-state index contributed by atoms with van der Waals surface area (Å²) in [7, 11) is 0. The second-order valence-corrected chi connectivity index (χ2v) is 3.91. The fourth-order valence-corrected chi connectivity index (χ4v) is 1.70. The Kier molecular flexibility index (Phi) is 2.31. The van der Waals surface area contributed by atoms with Crippen LogP contribution in [0.3, 0.4) is 0 Å². The highest BCUT2D eigenvalue weighted by molar-refractivity contribution is 9.10. The second-order valence-electron chi connectivity index (χ2n) is 3.06. The van der Waals surface area contributed by atoms with Gasteiger partial charge in [-0.3, -0.25) is 0 Å². The lowest BCUT2D eigenvalue weighted by Crippen LogP contribution is -2.05. The summed E-state index contributed by atoms with van der Waals surface area (Å²) < 4.78 is 42.6. The van der Waals surface area contributed by atoms with E-state index in [0.29, 0.717) is 16.6 Å². The van der Waals surface area contributed by atoms with Crippen LogP contribution in [0, 0.1) is 0 Å². The Morgan fingerprint density at radius 2 is 2.00 bits per heavy atom. The maximum atomic E-state index is 12.3. The van der Waals surface area contributed by atoms with Crippen LogP contribution in [0.1, 0.15) is 17.2 Å². The van der Waals surface area contributed by atoms with Crippen molar-refractivity contribution in [1.29, 1.82) is 0 Å². The molecule has 0 unspecified atom stereocenters. The molecule has 1 aliphatic rings. The highest BCUT2D eigenvalue weighted by atomic mass is 79.9. The molecule has 76 valence electrons. The minimum absolute atomic E-state index is 0.174. The lowest BCUT2D eigenvalue weighted by atomic mass is 10.1. The van der Waals surface area contributed by atoms with Gasteiger partial charge in [0.05, 0.1) is 12.2 Å². The van der Waals surface area contributed by atoms with E-state index in [0.717, 1.165) is 12.1 Å². The van der Waals surface area contributed by atoms with Gasteiger partial charge in [0.2, 0.25) is 0 Å². The van der Waals surface area contributed by atoms with Crippen LogP contribution in [0.15, 0.2) is 22.7 Å². The zero-order chi connectivity index (χ0) is 10.3. The number of hydrogen-bond acceptors (Lipinski definition) is 1. The predicted octanol–water partition coefficient (Wildman–Crippen LogP) is 3.54. The monoisotopic (exact) mass is 266 g/mol. The molecule has 1 aliphatic heterocycles. The van der Waals surface area contributed by atoms with Crippen molar-refractivity contribution < 1.29 is 17.9 Å². The van der Waals surface area contributed by atoms with Crippen molar-refractivity contribution >= 4 is 15.9 Å². The maximum absolute atomic E-state index is 12.3. The van der Waals surface area contributed by atoms with Crippen LogP contribution in [0.25, 0.3) is 0 Å². The summed E-state index contributed by atoms with van der Waals surface area (Å²) in [6.07, 6.45) is -4.46. The van der Waals surface area contributed by atoms with Crippen molar-refractivity contribution in [1.82, 2.24) is 0 Å². The Morgan fingerprint density at radius 1 is 1.36 bits per heavy atom. The van der Waals surface area contributed by atoms with Gasteiger partial charge in [-0.2, -0.15) is 13.2 Å². The number of halogens is 4. The molecule has 0 bridgehead atoms. The number of hydrogen-bond donors (Lipinski definition) is 0. The first-order valence-electron chi connectivity index (χ1n) is 3.97. The molecule has 5 heteroatoms. The van der Waals surface area contributed by atoms with Gasteiger partial charge in [-0.05, 0) is 23.8 Å². The Bertz CT molecular complexity index is 358. The minimum atomic E-state index is -4.29. The number of alkyl halides is 3. The highest BCUT2D eigenvalue weighted by Crippen LogP contribution is 2.38. The molecular weight excluding hydrogens is 261 g/mol. The van der Waals surface area contributed by atoms with Gasteiger partial charge in [0.25, 0.3) is 0 Å². The Hall–Kier alpha value is -0.550. The van der Waals surface area contributed by atoms with Crippen LogP contribution in [0.2, 0.25) is 0 Å². The standard InChI is InChI=1S/C9H6BrF3O/c10-7-2-1-5(9(11,12)13)3-6(7)8-4-14-8/h1-3,8H,4H2/t8-/m0/s1. The first-order chi connectivity index (χ1) is 6.48. The second kappa shape index (κ2) is 3.24. The molecular formula is C9H6BrF3O. The highest BCUT2D eigenvalue weighted by Gasteiger charge is 2.34. The van der Waals surface area contributed by atoms with Crippen molar-refractivity contribution in [2.45, 2.75) is 12.3 Å². The minimum Gasteiger partial charge on any atom is -0.368 e. The van der Waals surface area contributed by atoms with Crippen molar-refractivity contribution in [2.75, 3.05) is 6.61 Å². The van der Waals surface area contributed by atoms with Crippen LogP contribution < -0.4 is 0 Å². The van der Waals surface area contributed by atoms with E-state index in [9.17, 15) is 13.2 Å². The molecule has 2 rings (SSSR count). The molecule has 0 amide bonds. The zero-order valence-electron chi connectivity index (χ0n) is 6.94. The largest absolute Gasteiger partial charge is 0.416 e. The first kappa shape index (κ1) is 9.98. The smallest absolute Gasteiger partial charge is 0.368 e. The van der Waals surface area contributed by atoms with Gasteiger partial charge in [0.1, 0.15) is 6.10 Å². The average Bonchev–Trinajstić information content (AvgIpc) is 2.85. The predicted molar refractivity (Wildman–Crippen MR) is 47.8 cm³/mol. The van der Waals surface area contributed by atoms with Crippen molar-refractivity contribution in [3.8, 4) is 0 Å². The molecule has 1 fully saturated rings. The fraction of sp³-hybridized carbons (Fsp3) is 0.333. The molecule has 0 N–H and O–H groups in total. The van der Waals surface area contributed by atoms with Crippen molar-refractivity contribution in [3.05, 3.63) is 33.8 Å². The third-order valence-corrected chi connectivity index (χ3v) is 2.73. The topological polar surface area (TPSA) is 12.5 Å². The average molecular weight is 267 g/mol. The summed E-state index contributed by atoms with van der Waals surface area (Å²) in [6.45, 7) is 0.500. The molecule has 1 atom stereocenters. The Balaban J connectivity index is 2.40. The van der Waals surface area contributed by atoms with Gasteiger partial charge < -0.3 is 4.74 Å². The van der Waals surface area contributed by atoms with Crippen LogP contribution in [0.4, 0.5) is 13.2 Å². The van der Waals surface area contributed by atoms with Crippen LogP contribution >= 0.6 is 15.9 Å². The number of ether oxygens (including phenoxy) is 1. The van der Waals surface area contributed by atoms with Gasteiger partial charge >= 0.3 is 6.18 Å². The maximum Gasteiger partial charge on any atom is 0.416 e. The molecule has 1 aromatic carbocycles. The SMILES string of the molecule is FC(F)(F)c1ccc(Br)c([C@@H]2CO2)c1. The summed E-state index contributed by atoms with van der Waals surface area (Å²) in [5.74, 6) is 0. The molecule has 0 spiro atoms. The summed E-state index contributed by atoms with van der Waals surface area (Å²) >= 11 is 3.19. The van der Waals surface area contributed by atoms with E-state index in [1.54, 1.807) is 0 Å². The summed E-state index contributed by atoms with van der Waals surface area (Å²) in [4.78, 5) is 0. The molecule has 0 saturated carbocycles. The molecule has 0 aliphatic carbocycles. The van der Waals surface area contributed by atoms with Gasteiger partial charge in [-0.15, -0.1) is 0 Å². The van der Waals surface area contributed by atoms with Crippen LogP contribution in [-0.4, -0.2) is 6.61 Å². The van der Waals surface area contributed by atoms with Gasteiger partial charge in [-0.25, -0.2) is 0 Å². The summed E-state index contributed by atoms with van der Waals surface area (Å²) in [5.41, 5.74) is -0.0639. The van der Waals surface area contributed by atoms with Crippen molar-refractivity contribution in [2.24, 2.45) is 0 Å². The molecule has 1 nitrogen and oxygen atoms in total. The molecule has 1 saturated heterocycles. The van der Waals surface area contributed by atoms with E-state index in [4.69, 9.17) is 4.74 Å². The van der Waals surface area contributed by atoms with E-state index < -0.39 is 11.7 Å². The molecule has 14 heavy (non-hydrogen) atoms. The van der Waals surface area contributed by atoms with E-state index in [-0.39, 0.29) is 6.10 Å². The molecule has 0 aromatic heterocycles. The van der Waals surface area contributed by atoms with Gasteiger partial charge in [0, 0.05) is 4.47 Å². The summed E-state index contributed by atoms with van der Waals surface area (Å²) in [6, 6.07) is 3.58. The summed E-state index contributed by atoms with van der Waals surface area (Å²) in [5, 5.41) is 0. The third-order valence-electron chi connectivity index (χ3n) is 2.00. The number of benzene rings is 1. The van der Waals surface area contributed by atoms with E-state index in [1.165, 1.54) is 6.07 Å². The number of rotatable bonds is 1. The Morgan fingerprint density at radius 3 is 2.50 bits per heavy atom. The first-order valence-corrected chi connectivity index (χ1v) is 4.76. The molecule has 1 heterocycles. The van der Waals surface area contributed by atoms with Crippen LogP contribution in [-0.2, 0) is 10.9 Å². The van der Waals surface area contributed by atoms with Crippen LogP contribution in [0.5, 0.6) is 0 Å². The normalized spacial score (nSPS) is 21.0. The van der Waals surface area contributed by atoms with Gasteiger partial charge in [0.15, 0.2) is 0 Å². The third kappa shape index (κ3) is 1.93. The quantitative estimate of drug-likeness (QED) is 0.709. The molecule has 1 aromatic rings. The Labute approximate surface area is 87.0 Å². The van der Waals surface area contributed by atoms with E-state index in [2.05, 4.69) is 15.9 Å². The molecule has 0 radical (unpaired) electrons. The lowest BCUT2D eigenvalue weighted by molar-refractivity contribution is -0.137. The zero-order valence-corrected chi connectivity index (χ0v) is 8.52. The van der Waals surface area contributed by atoms with E-state index >= 15 is 0 Å².